The van der Waals surface area contributed by atoms with E-state index in [1.807, 2.05) is 72.8 Å². The van der Waals surface area contributed by atoms with Crippen molar-refractivity contribution in [3.05, 3.63) is 89.0 Å². The van der Waals surface area contributed by atoms with Crippen LogP contribution in [0.4, 0.5) is 0 Å². The van der Waals surface area contributed by atoms with Gasteiger partial charge in [0.25, 0.3) is 5.91 Å². The summed E-state index contributed by atoms with van der Waals surface area (Å²) in [5.41, 5.74) is 2.05. The fourth-order valence-electron chi connectivity index (χ4n) is 2.72. The van der Waals surface area contributed by atoms with Gasteiger partial charge in [0, 0.05) is 11.6 Å². The van der Waals surface area contributed by atoms with E-state index in [9.17, 15) is 4.79 Å². The van der Waals surface area contributed by atoms with Crippen LogP contribution in [0.3, 0.4) is 0 Å². The second-order valence-electron chi connectivity index (χ2n) is 5.82. The minimum absolute atomic E-state index is 0.0819. The number of carbonyl (C=O) groups is 1. The minimum Gasteiger partial charge on any atom is -0.457 e. The molecule has 0 spiro atoms. The van der Waals surface area contributed by atoms with Crippen molar-refractivity contribution in [1.29, 1.82) is 0 Å². The summed E-state index contributed by atoms with van der Waals surface area (Å²) in [5.74, 6) is 1.34. The molecule has 0 N–H and O–H groups in total. The maximum absolute atomic E-state index is 12.7. The Bertz CT molecular complexity index is 978. The first-order valence-corrected chi connectivity index (χ1v) is 9.38. The lowest BCUT2D eigenvalue weighted by atomic mass is 10.2. The van der Waals surface area contributed by atoms with Crippen LogP contribution in [0, 0.1) is 0 Å². The van der Waals surface area contributed by atoms with Crippen molar-refractivity contribution in [3.8, 4) is 11.3 Å². The Morgan fingerprint density at radius 1 is 0.962 bits per heavy atom. The summed E-state index contributed by atoms with van der Waals surface area (Å²) in [6, 6.07) is 23.5. The van der Waals surface area contributed by atoms with Gasteiger partial charge >= 0.3 is 0 Å². The van der Waals surface area contributed by atoms with Gasteiger partial charge in [0.05, 0.1) is 11.4 Å². The van der Waals surface area contributed by atoms with Crippen molar-refractivity contribution >= 4 is 40.3 Å². The lowest BCUT2D eigenvalue weighted by Gasteiger charge is -2.14. The van der Waals surface area contributed by atoms with E-state index in [0.717, 1.165) is 16.9 Å². The number of furan rings is 1. The highest BCUT2D eigenvalue weighted by molar-refractivity contribution is 8.26. The molecule has 26 heavy (non-hydrogen) atoms. The third-order valence-corrected chi connectivity index (χ3v) is 5.39. The zero-order valence-corrected chi connectivity index (χ0v) is 15.4. The normalized spacial score (nSPS) is 15.8. The maximum Gasteiger partial charge on any atom is 0.266 e. The Kier molecular flexibility index (Phi) is 4.73. The van der Waals surface area contributed by atoms with Crippen molar-refractivity contribution < 1.29 is 9.21 Å². The van der Waals surface area contributed by atoms with Crippen LogP contribution < -0.4 is 0 Å². The summed E-state index contributed by atoms with van der Waals surface area (Å²) in [5, 5.41) is 0. The minimum atomic E-state index is -0.0819. The highest BCUT2D eigenvalue weighted by Crippen LogP contribution is 2.34. The van der Waals surface area contributed by atoms with Crippen LogP contribution in [0.2, 0.25) is 0 Å². The molecular formula is C21H15NO2S2. The Balaban J connectivity index is 1.54. The zero-order valence-electron chi connectivity index (χ0n) is 13.8. The first kappa shape index (κ1) is 16.8. The lowest BCUT2D eigenvalue weighted by Crippen LogP contribution is -2.27. The molecule has 1 aliphatic heterocycles. The van der Waals surface area contributed by atoms with Gasteiger partial charge in [0.2, 0.25) is 0 Å². The number of thiocarbonyl (C=S) groups is 1. The van der Waals surface area contributed by atoms with E-state index in [-0.39, 0.29) is 5.91 Å². The van der Waals surface area contributed by atoms with E-state index in [2.05, 4.69) is 0 Å². The molecule has 4 rings (SSSR count). The SMILES string of the molecule is O=C1C(=Cc2ccc(-c3ccccc3)o2)SC(=S)N1Cc1ccccc1. The molecule has 0 bridgehead atoms. The Morgan fingerprint density at radius 3 is 2.38 bits per heavy atom. The van der Waals surface area contributed by atoms with Gasteiger partial charge in [0.1, 0.15) is 15.8 Å². The number of benzene rings is 2. The molecule has 0 unspecified atom stereocenters. The van der Waals surface area contributed by atoms with E-state index >= 15 is 0 Å². The van der Waals surface area contributed by atoms with Gasteiger partial charge in [-0.15, -0.1) is 0 Å². The van der Waals surface area contributed by atoms with E-state index < -0.39 is 0 Å². The smallest absolute Gasteiger partial charge is 0.266 e. The van der Waals surface area contributed by atoms with Crippen LogP contribution in [0.15, 0.2) is 82.1 Å². The highest BCUT2D eigenvalue weighted by Gasteiger charge is 2.32. The summed E-state index contributed by atoms with van der Waals surface area (Å²) in [6.07, 6.45) is 1.76. The van der Waals surface area contributed by atoms with E-state index in [4.69, 9.17) is 16.6 Å². The molecule has 1 aromatic heterocycles. The van der Waals surface area contributed by atoms with Gasteiger partial charge in [-0.05, 0) is 17.7 Å². The van der Waals surface area contributed by atoms with Crippen LogP contribution in [0.25, 0.3) is 17.4 Å². The summed E-state index contributed by atoms with van der Waals surface area (Å²) >= 11 is 6.70. The van der Waals surface area contributed by atoms with Crippen molar-refractivity contribution in [1.82, 2.24) is 4.90 Å². The Hall–Kier alpha value is -2.63. The van der Waals surface area contributed by atoms with Gasteiger partial charge in [0.15, 0.2) is 0 Å². The molecule has 0 atom stereocenters. The molecule has 5 heteroatoms. The van der Waals surface area contributed by atoms with Crippen molar-refractivity contribution in [2.75, 3.05) is 0 Å². The van der Waals surface area contributed by atoms with Crippen LogP contribution in [0.1, 0.15) is 11.3 Å². The fraction of sp³-hybridized carbons (Fsp3) is 0.0476. The largest absolute Gasteiger partial charge is 0.457 e. The monoisotopic (exact) mass is 377 g/mol. The highest BCUT2D eigenvalue weighted by atomic mass is 32.2. The Labute approximate surface area is 161 Å². The Morgan fingerprint density at radius 2 is 1.65 bits per heavy atom. The number of carbonyl (C=O) groups excluding carboxylic acids is 1. The lowest BCUT2D eigenvalue weighted by molar-refractivity contribution is -0.122. The summed E-state index contributed by atoms with van der Waals surface area (Å²) in [7, 11) is 0. The summed E-state index contributed by atoms with van der Waals surface area (Å²) in [4.78, 5) is 14.9. The number of amides is 1. The first-order valence-electron chi connectivity index (χ1n) is 8.15. The molecule has 1 aliphatic rings. The second-order valence-corrected chi connectivity index (χ2v) is 7.50. The van der Waals surface area contributed by atoms with Crippen molar-refractivity contribution in [2.45, 2.75) is 6.54 Å². The molecule has 2 heterocycles. The number of hydrogen-bond acceptors (Lipinski definition) is 4. The van der Waals surface area contributed by atoms with Gasteiger partial charge in [-0.1, -0.05) is 84.6 Å². The molecular weight excluding hydrogens is 362 g/mol. The standard InChI is InChI=1S/C21H15NO2S2/c23-20-19(26-21(25)22(20)14-15-7-3-1-4-8-15)13-17-11-12-18(24-17)16-9-5-2-6-10-16/h1-13H,14H2. The van der Waals surface area contributed by atoms with Crippen LogP contribution in [-0.2, 0) is 11.3 Å². The molecule has 2 aromatic carbocycles. The van der Waals surface area contributed by atoms with Crippen molar-refractivity contribution in [2.24, 2.45) is 0 Å². The van der Waals surface area contributed by atoms with Gasteiger partial charge in [-0.25, -0.2) is 0 Å². The maximum atomic E-state index is 12.7. The molecule has 1 amide bonds. The van der Waals surface area contributed by atoms with Gasteiger partial charge in [-0.3, -0.25) is 9.69 Å². The quantitative estimate of drug-likeness (QED) is 0.453. The predicted octanol–water partition coefficient (Wildman–Crippen LogP) is 5.35. The van der Waals surface area contributed by atoms with Crippen molar-refractivity contribution in [3.63, 3.8) is 0 Å². The second kappa shape index (κ2) is 7.32. The van der Waals surface area contributed by atoms with Crippen LogP contribution in [-0.4, -0.2) is 15.1 Å². The summed E-state index contributed by atoms with van der Waals surface area (Å²) < 4.78 is 6.43. The molecule has 3 aromatic rings. The first-order chi connectivity index (χ1) is 12.7. The molecule has 1 saturated heterocycles. The topological polar surface area (TPSA) is 33.5 Å². The van der Waals surface area contributed by atoms with Crippen LogP contribution in [0.5, 0.6) is 0 Å². The van der Waals surface area contributed by atoms with E-state index in [1.165, 1.54) is 11.8 Å². The van der Waals surface area contributed by atoms with Crippen LogP contribution >= 0.6 is 24.0 Å². The number of hydrogen-bond donors (Lipinski definition) is 0. The number of nitrogens with zero attached hydrogens (tertiary/aromatic N) is 1. The van der Waals surface area contributed by atoms with Gasteiger partial charge in [-0.2, -0.15) is 0 Å². The molecule has 1 fully saturated rings. The number of rotatable bonds is 4. The average molecular weight is 377 g/mol. The zero-order chi connectivity index (χ0) is 17.9. The fourth-order valence-corrected chi connectivity index (χ4v) is 3.95. The molecule has 0 saturated carbocycles. The third kappa shape index (κ3) is 3.49. The average Bonchev–Trinajstić information content (AvgIpc) is 3.24. The summed E-state index contributed by atoms with van der Waals surface area (Å²) in [6.45, 7) is 0.482. The molecule has 0 radical (unpaired) electrons. The molecule has 3 nitrogen and oxygen atoms in total. The molecule has 0 aliphatic carbocycles. The number of thioether (sulfide) groups is 1. The predicted molar refractivity (Wildman–Crippen MR) is 109 cm³/mol. The van der Waals surface area contributed by atoms with Gasteiger partial charge < -0.3 is 4.42 Å². The van der Waals surface area contributed by atoms with E-state index in [1.54, 1.807) is 11.0 Å². The third-order valence-electron chi connectivity index (χ3n) is 4.02. The van der Waals surface area contributed by atoms with E-state index in [0.29, 0.717) is 21.5 Å². The molecule has 128 valence electrons.